The SMILES string of the molecule is O=C(Nc1nnc(-c2ccc(Cl)s2)o1)c1cc(Cl)sc1Cl. The smallest absolute Gasteiger partial charge is 0.322 e. The van der Waals surface area contributed by atoms with E-state index in [4.69, 9.17) is 39.2 Å². The van der Waals surface area contributed by atoms with Crippen LogP contribution in [0.1, 0.15) is 10.4 Å². The zero-order valence-corrected chi connectivity index (χ0v) is 13.8. The lowest BCUT2D eigenvalue weighted by Gasteiger charge is -1.97. The molecule has 0 aromatic carbocycles. The van der Waals surface area contributed by atoms with Crippen molar-refractivity contribution in [2.24, 2.45) is 0 Å². The molecule has 3 rings (SSSR count). The van der Waals surface area contributed by atoms with Crippen LogP contribution >= 0.6 is 57.5 Å². The first-order valence-electron chi connectivity index (χ1n) is 5.38. The Morgan fingerprint density at radius 2 is 1.95 bits per heavy atom. The number of anilines is 1. The second-order valence-corrected chi connectivity index (χ2v) is 7.71. The predicted molar refractivity (Wildman–Crippen MR) is 84.9 cm³/mol. The van der Waals surface area contributed by atoms with Gasteiger partial charge < -0.3 is 4.42 Å². The van der Waals surface area contributed by atoms with Crippen LogP contribution < -0.4 is 5.32 Å². The third-order valence-corrected chi connectivity index (χ3v) is 5.04. The molecule has 108 valence electrons. The van der Waals surface area contributed by atoms with Crippen molar-refractivity contribution < 1.29 is 9.21 Å². The zero-order valence-electron chi connectivity index (χ0n) is 9.89. The highest BCUT2D eigenvalue weighted by Gasteiger charge is 2.18. The molecule has 0 spiro atoms. The first kappa shape index (κ1) is 14.8. The summed E-state index contributed by atoms with van der Waals surface area (Å²) in [5.74, 6) is -0.195. The molecule has 0 aliphatic rings. The van der Waals surface area contributed by atoms with Gasteiger partial charge in [-0.3, -0.25) is 10.1 Å². The number of halogens is 3. The number of hydrogen-bond donors (Lipinski definition) is 1. The predicted octanol–water partition coefficient (Wildman–Crippen LogP) is 5.07. The van der Waals surface area contributed by atoms with Crippen molar-refractivity contribution in [3.63, 3.8) is 0 Å². The van der Waals surface area contributed by atoms with Gasteiger partial charge in [-0.1, -0.05) is 39.9 Å². The molecule has 3 aromatic heterocycles. The van der Waals surface area contributed by atoms with E-state index in [1.165, 1.54) is 17.4 Å². The summed E-state index contributed by atoms with van der Waals surface area (Å²) >= 11 is 19.9. The minimum absolute atomic E-state index is 0.0297. The molecule has 0 saturated heterocycles. The Hall–Kier alpha value is -1.12. The molecule has 1 amide bonds. The fraction of sp³-hybridized carbons (Fsp3) is 0. The van der Waals surface area contributed by atoms with E-state index in [1.807, 2.05) is 0 Å². The van der Waals surface area contributed by atoms with Crippen molar-refractivity contribution >= 4 is 69.4 Å². The van der Waals surface area contributed by atoms with Crippen molar-refractivity contribution in [3.8, 4) is 10.8 Å². The highest BCUT2D eigenvalue weighted by Crippen LogP contribution is 2.33. The van der Waals surface area contributed by atoms with Gasteiger partial charge >= 0.3 is 6.01 Å². The average Bonchev–Trinajstić information content (AvgIpc) is 3.10. The molecule has 0 radical (unpaired) electrons. The molecule has 5 nitrogen and oxygen atoms in total. The molecule has 0 unspecified atom stereocenters. The number of carbonyl (C=O) groups is 1. The summed E-state index contributed by atoms with van der Waals surface area (Å²) < 4.78 is 6.67. The minimum Gasteiger partial charge on any atom is -0.402 e. The maximum absolute atomic E-state index is 12.0. The molecule has 3 heterocycles. The lowest BCUT2D eigenvalue weighted by atomic mass is 10.3. The van der Waals surface area contributed by atoms with Crippen LogP contribution in [0.25, 0.3) is 10.8 Å². The molecule has 0 aliphatic carbocycles. The highest BCUT2D eigenvalue weighted by atomic mass is 35.5. The van der Waals surface area contributed by atoms with Crippen LogP contribution in [0.3, 0.4) is 0 Å². The second-order valence-electron chi connectivity index (χ2n) is 3.71. The van der Waals surface area contributed by atoms with E-state index in [9.17, 15) is 4.79 Å². The van der Waals surface area contributed by atoms with E-state index in [2.05, 4.69) is 15.5 Å². The molecule has 21 heavy (non-hydrogen) atoms. The summed E-state index contributed by atoms with van der Waals surface area (Å²) in [4.78, 5) is 12.7. The van der Waals surface area contributed by atoms with Crippen LogP contribution in [0.15, 0.2) is 22.6 Å². The van der Waals surface area contributed by atoms with Crippen LogP contribution in [0.2, 0.25) is 13.0 Å². The summed E-state index contributed by atoms with van der Waals surface area (Å²) in [5, 5.41) is 10.0. The van der Waals surface area contributed by atoms with Gasteiger partial charge in [0.05, 0.1) is 19.1 Å². The molecule has 0 aliphatic heterocycles. The van der Waals surface area contributed by atoms with E-state index in [0.29, 0.717) is 17.9 Å². The van der Waals surface area contributed by atoms with Crippen LogP contribution in [-0.4, -0.2) is 16.1 Å². The lowest BCUT2D eigenvalue weighted by molar-refractivity contribution is 0.102. The van der Waals surface area contributed by atoms with Crippen LogP contribution in [0.4, 0.5) is 6.01 Å². The van der Waals surface area contributed by atoms with Gasteiger partial charge in [0.15, 0.2) is 0 Å². The minimum atomic E-state index is -0.470. The molecule has 10 heteroatoms. The first-order chi connectivity index (χ1) is 10.0. The number of amides is 1. The lowest BCUT2D eigenvalue weighted by Crippen LogP contribution is -2.11. The summed E-state index contributed by atoms with van der Waals surface area (Å²) in [6, 6.07) is 4.91. The third-order valence-electron chi connectivity index (χ3n) is 2.33. The largest absolute Gasteiger partial charge is 0.402 e. The molecule has 0 saturated carbocycles. The third kappa shape index (κ3) is 3.22. The van der Waals surface area contributed by atoms with Crippen LogP contribution in [0.5, 0.6) is 0 Å². The summed E-state index contributed by atoms with van der Waals surface area (Å²) in [6.07, 6.45) is 0. The van der Waals surface area contributed by atoms with Crippen molar-refractivity contribution in [2.75, 3.05) is 5.32 Å². The number of hydrogen-bond acceptors (Lipinski definition) is 6. The molecule has 0 bridgehead atoms. The van der Waals surface area contributed by atoms with E-state index >= 15 is 0 Å². The van der Waals surface area contributed by atoms with Gasteiger partial charge in [-0.25, -0.2) is 0 Å². The average molecular weight is 381 g/mol. The van der Waals surface area contributed by atoms with E-state index in [1.54, 1.807) is 12.1 Å². The Kier molecular flexibility index (Phi) is 4.19. The van der Waals surface area contributed by atoms with E-state index in [-0.39, 0.29) is 17.5 Å². The van der Waals surface area contributed by atoms with Gasteiger partial charge in [0.1, 0.15) is 4.34 Å². The van der Waals surface area contributed by atoms with Gasteiger partial charge in [0.2, 0.25) is 0 Å². The van der Waals surface area contributed by atoms with E-state index in [0.717, 1.165) is 11.3 Å². The monoisotopic (exact) mass is 379 g/mol. The number of carbonyl (C=O) groups excluding carboxylic acids is 1. The molecular formula is C11H4Cl3N3O2S2. The topological polar surface area (TPSA) is 68.0 Å². The number of nitrogens with one attached hydrogen (secondary N) is 1. The number of nitrogens with zero attached hydrogens (tertiary/aromatic N) is 2. The zero-order chi connectivity index (χ0) is 15.0. The number of thiophene rings is 2. The second kappa shape index (κ2) is 5.94. The molecule has 1 N–H and O–H groups in total. The molecular weight excluding hydrogens is 377 g/mol. The summed E-state index contributed by atoms with van der Waals surface area (Å²) in [5.41, 5.74) is 0.255. The number of rotatable bonds is 3. The summed E-state index contributed by atoms with van der Waals surface area (Å²) in [7, 11) is 0. The standard InChI is InChI=1S/C11H4Cl3N3O2S2/c12-6-2-1-5(20-6)10-16-17-11(19-10)15-9(18)4-3-7(13)21-8(4)14/h1-3H,(H,15,17,18). The van der Waals surface area contributed by atoms with Crippen LogP contribution in [0, 0.1) is 0 Å². The van der Waals surface area contributed by atoms with Gasteiger partial charge in [-0.05, 0) is 18.2 Å². The highest BCUT2D eigenvalue weighted by molar-refractivity contribution is 7.20. The van der Waals surface area contributed by atoms with Gasteiger partial charge in [0.25, 0.3) is 11.8 Å². The Balaban J connectivity index is 1.78. The Bertz CT molecular complexity index is 811. The maximum atomic E-state index is 12.0. The van der Waals surface area contributed by atoms with Crippen molar-refractivity contribution in [3.05, 3.63) is 36.8 Å². The first-order valence-corrected chi connectivity index (χ1v) is 8.15. The molecule has 3 aromatic rings. The van der Waals surface area contributed by atoms with Crippen molar-refractivity contribution in [1.29, 1.82) is 0 Å². The van der Waals surface area contributed by atoms with Crippen molar-refractivity contribution in [1.82, 2.24) is 10.2 Å². The number of aromatic nitrogens is 2. The van der Waals surface area contributed by atoms with E-state index < -0.39 is 5.91 Å². The Labute approximate surface area is 141 Å². The van der Waals surface area contributed by atoms with Crippen molar-refractivity contribution in [2.45, 2.75) is 0 Å². The van der Waals surface area contributed by atoms with Gasteiger partial charge in [-0.15, -0.1) is 27.8 Å². The van der Waals surface area contributed by atoms with Gasteiger partial charge in [0, 0.05) is 0 Å². The Morgan fingerprint density at radius 1 is 1.14 bits per heavy atom. The quantitative estimate of drug-likeness (QED) is 0.688. The van der Waals surface area contributed by atoms with Crippen LogP contribution in [-0.2, 0) is 0 Å². The molecule has 0 fully saturated rings. The normalized spacial score (nSPS) is 10.8. The summed E-state index contributed by atoms with van der Waals surface area (Å²) in [6.45, 7) is 0. The fourth-order valence-electron chi connectivity index (χ4n) is 1.46. The Morgan fingerprint density at radius 3 is 2.57 bits per heavy atom. The fourth-order valence-corrected chi connectivity index (χ4v) is 3.88. The maximum Gasteiger partial charge on any atom is 0.322 e. The molecule has 0 atom stereocenters. The van der Waals surface area contributed by atoms with Gasteiger partial charge in [-0.2, -0.15) is 0 Å².